The normalized spacial score (nSPS) is 54.1. The summed E-state index contributed by atoms with van der Waals surface area (Å²) in [5.41, 5.74) is -5.08. The summed E-state index contributed by atoms with van der Waals surface area (Å²) in [4.78, 5) is 49.7. The molecule has 5 bridgehead atoms. The van der Waals surface area contributed by atoms with Crippen LogP contribution in [0.1, 0.15) is 155 Å². The lowest BCUT2D eigenvalue weighted by Gasteiger charge is -2.70. The highest BCUT2D eigenvalue weighted by molar-refractivity contribution is 5.94. The van der Waals surface area contributed by atoms with Gasteiger partial charge in [-0.3, -0.25) is 14.9 Å². The van der Waals surface area contributed by atoms with Gasteiger partial charge in [0.05, 0.1) is 48.5 Å². The molecule has 4 N–H and O–H groups in total. The maximum Gasteiger partial charge on any atom is 0.339 e. The van der Waals surface area contributed by atoms with Crippen molar-refractivity contribution in [2.45, 2.75) is 191 Å². The van der Waals surface area contributed by atoms with E-state index in [0.29, 0.717) is 42.4 Å². The Balaban J connectivity index is 0.859. The summed E-state index contributed by atoms with van der Waals surface area (Å²) in [5.74, 6) is -0.959. The number of nitrogens with zero attached hydrogens (tertiary/aromatic N) is 1. The minimum Gasteiger partial charge on any atom is -0.469 e. The van der Waals surface area contributed by atoms with E-state index in [4.69, 9.17) is 23.4 Å². The molecule has 8 heterocycles. The van der Waals surface area contributed by atoms with Crippen molar-refractivity contribution >= 4 is 17.7 Å². The fourth-order valence-corrected chi connectivity index (χ4v) is 24.9. The van der Waals surface area contributed by atoms with Crippen molar-refractivity contribution in [3.63, 3.8) is 0 Å². The first-order chi connectivity index (χ1) is 35.9. The van der Waals surface area contributed by atoms with Gasteiger partial charge in [0.15, 0.2) is 11.9 Å². The molecule has 8 saturated carbocycles. The fourth-order valence-electron chi connectivity index (χ4n) is 24.9. The van der Waals surface area contributed by atoms with E-state index in [0.717, 1.165) is 83.0 Å². The van der Waals surface area contributed by atoms with Gasteiger partial charge in [-0.2, -0.15) is 0 Å². The lowest BCUT2D eigenvalue weighted by atomic mass is 9.32. The first-order valence-electron chi connectivity index (χ1n) is 30.1. The highest BCUT2D eigenvalue weighted by atomic mass is 16.7. The molecule has 1 aromatic heterocycles. The topological polar surface area (TPSA) is 181 Å². The number of aliphatic hydroxyl groups is 3. The van der Waals surface area contributed by atoms with Crippen LogP contribution in [0.5, 0.6) is 0 Å². The molecule has 0 amide bonds. The second kappa shape index (κ2) is 15.0. The van der Waals surface area contributed by atoms with E-state index in [1.165, 1.54) is 37.7 Å². The third-order valence-corrected chi connectivity index (χ3v) is 27.0. The number of furan rings is 1. The Hall–Kier alpha value is -3.07. The predicted molar refractivity (Wildman–Crippen MR) is 271 cm³/mol. The number of ketones is 1. The molecule has 7 aliphatic heterocycles. The number of hydrogen-bond acceptors (Lipinski definition) is 13. The van der Waals surface area contributed by atoms with Gasteiger partial charge in [-0.25, -0.2) is 4.79 Å². The van der Waals surface area contributed by atoms with Crippen LogP contribution in [-0.4, -0.2) is 106 Å². The number of esters is 2. The molecular formula is C62H82N2O11. The fraction of sp³-hybridized carbons (Fsp3) is 0.823. The first kappa shape index (κ1) is 47.9. The molecule has 0 radical (unpaired) electrons. The number of ether oxygens (including phenoxy) is 4. The van der Waals surface area contributed by atoms with E-state index in [2.05, 4.69) is 63.2 Å². The van der Waals surface area contributed by atoms with Crippen molar-refractivity contribution < 1.29 is 53.1 Å². The van der Waals surface area contributed by atoms with Gasteiger partial charge in [0.1, 0.15) is 35.8 Å². The Morgan fingerprint density at radius 2 is 1.77 bits per heavy atom. The molecule has 75 heavy (non-hydrogen) atoms. The Kier molecular flexibility index (Phi) is 9.59. The standard InChI is InChI=1S/C62H82N2O11/c1-32(2)20-37-23-38-22-36-10-15-58(17-16-57(29-58)13-6-7-14-57)59(36)26-35-25-54(3)50(40-12-19-71-44(40)24-41(43(66)28-65)33-8-9-39-34(21-33)11-18-64-31-63-27-42(39)64)73-53(70)51-62(54,74-51)55(4)46(35)60-30-72-52(69)48(59)61(38,60)75-56(37,5)47(60)45(67)49(55)68/h11-12,18-19,23,32-37,39,41-43,46-51,63,65-66,68H,6-10,13-17,20-22,24-31H2,1-5H3/t33-,34+,35+,36+,37-,39-,41-,42+,43+,46-,47+,48-,49+,50-,51+,54-,55-,56-,58+,59+,60+,61-,62+/m0/s1. The number of carbonyl (C=O) groups excluding carboxylic acids is 3. The molecule has 13 heteroatoms. The monoisotopic (exact) mass is 1030 g/mol. The van der Waals surface area contributed by atoms with Gasteiger partial charge in [-0.15, -0.1) is 0 Å². The number of hydrogen-bond donors (Lipinski definition) is 4. The quantitative estimate of drug-likeness (QED) is 0.113. The third-order valence-electron chi connectivity index (χ3n) is 27.0. The first-order valence-corrected chi connectivity index (χ1v) is 30.1. The number of epoxide rings is 1. The van der Waals surface area contributed by atoms with Crippen molar-refractivity contribution in [2.75, 3.05) is 26.4 Å². The molecule has 0 unspecified atom stereocenters. The molecule has 8 aliphatic carbocycles. The Morgan fingerprint density at radius 3 is 2.57 bits per heavy atom. The number of carbonyl (C=O) groups is 3. The molecule has 6 spiro atoms. The molecule has 0 aromatic carbocycles. The Morgan fingerprint density at radius 1 is 0.947 bits per heavy atom. The molecule has 13 fully saturated rings. The van der Waals surface area contributed by atoms with Crippen LogP contribution >= 0.6 is 0 Å². The van der Waals surface area contributed by atoms with Crippen LogP contribution in [0.3, 0.4) is 0 Å². The van der Waals surface area contributed by atoms with Crippen LogP contribution in [0.25, 0.3) is 0 Å². The summed E-state index contributed by atoms with van der Waals surface area (Å²) >= 11 is 0. The Bertz CT molecular complexity index is 2730. The van der Waals surface area contributed by atoms with E-state index < -0.39 is 86.6 Å². The summed E-state index contributed by atoms with van der Waals surface area (Å²) in [6.07, 6.45) is 21.2. The number of allylic oxidation sites excluding steroid dienone is 1. The summed E-state index contributed by atoms with van der Waals surface area (Å²) < 4.78 is 35.6. The number of cyclic esters (lactones) is 2. The average molecular weight is 1030 g/mol. The van der Waals surface area contributed by atoms with E-state index in [-0.39, 0.29) is 65.4 Å². The predicted octanol–water partition coefficient (Wildman–Crippen LogP) is 7.75. The van der Waals surface area contributed by atoms with Crippen molar-refractivity contribution in [1.82, 2.24) is 10.2 Å². The van der Waals surface area contributed by atoms with E-state index in [9.17, 15) is 20.1 Å². The largest absolute Gasteiger partial charge is 0.469 e. The van der Waals surface area contributed by atoms with Gasteiger partial charge in [-0.05, 0) is 178 Å². The second-order valence-electron chi connectivity index (χ2n) is 29.7. The van der Waals surface area contributed by atoms with Crippen LogP contribution < -0.4 is 5.32 Å². The van der Waals surface area contributed by atoms with Crippen LogP contribution in [0.15, 0.2) is 40.7 Å². The Labute approximate surface area is 442 Å². The van der Waals surface area contributed by atoms with Crippen LogP contribution in [0.4, 0.5) is 0 Å². The molecule has 23 atom stereocenters. The third kappa shape index (κ3) is 5.23. The summed E-state index contributed by atoms with van der Waals surface area (Å²) in [6.45, 7) is 12.5. The maximum atomic E-state index is 16.4. The summed E-state index contributed by atoms with van der Waals surface area (Å²) in [7, 11) is 0. The number of Topliss-reactive ketones (excluding diaryl/α,β-unsaturated/α-hetero) is 1. The average Bonchev–Trinajstić information content (AvgIpc) is 4.01. The van der Waals surface area contributed by atoms with Gasteiger partial charge in [0.2, 0.25) is 0 Å². The van der Waals surface area contributed by atoms with Gasteiger partial charge in [0, 0.05) is 41.3 Å². The van der Waals surface area contributed by atoms with E-state index in [1.807, 2.05) is 6.07 Å². The maximum absolute atomic E-state index is 16.4. The van der Waals surface area contributed by atoms with Crippen molar-refractivity contribution in [3.05, 3.63) is 47.6 Å². The van der Waals surface area contributed by atoms with E-state index in [1.54, 1.807) is 6.26 Å². The zero-order valence-corrected chi connectivity index (χ0v) is 45.0. The summed E-state index contributed by atoms with van der Waals surface area (Å²) in [6, 6.07) is 2.41. The minimum atomic E-state index is -1.49. The minimum absolute atomic E-state index is 0.0430. The highest BCUT2D eigenvalue weighted by Crippen LogP contribution is 2.91. The zero-order valence-electron chi connectivity index (χ0n) is 45.0. The zero-order chi connectivity index (χ0) is 51.4. The molecule has 5 saturated heterocycles. The number of fused-ring (bicyclic) bond motifs is 5. The highest BCUT2D eigenvalue weighted by Gasteiger charge is 2.98. The van der Waals surface area contributed by atoms with Crippen molar-refractivity contribution in [1.29, 1.82) is 0 Å². The molecule has 15 aliphatic rings. The van der Waals surface area contributed by atoms with Crippen LogP contribution in [-0.2, 0) is 39.8 Å². The van der Waals surface area contributed by atoms with Gasteiger partial charge in [0.25, 0.3) is 0 Å². The van der Waals surface area contributed by atoms with Crippen LogP contribution in [0.2, 0.25) is 0 Å². The lowest BCUT2D eigenvalue weighted by Crippen LogP contribution is -2.80. The smallest absolute Gasteiger partial charge is 0.339 e. The second-order valence-corrected chi connectivity index (χ2v) is 29.7. The SMILES string of the molecule is CC(C)C[C@H]1C=C2C[C@H]3CC[C@]4(CCC5(CCCC5)C4)[C@]34C[C@H]3C[C@@]5(C)[C@H](c6ccoc6C[C@@H]([C@H]6CC[C@H]7[C@H](C=CN8CNC[C@H]78)C6)[C@H](O)CO)OC(=O)[C@H]6O[C@]65[C@]5(C)[C@H](O)C(=O)[C@@H]6[C@@]1(C)O[C@]21[C@H]4C(=O)OC[C@@]61[C@@H]35. The van der Waals surface area contributed by atoms with Gasteiger partial charge < -0.3 is 43.6 Å². The number of aliphatic hydroxyl groups excluding tert-OH is 3. The van der Waals surface area contributed by atoms with E-state index >= 15 is 9.59 Å². The van der Waals surface area contributed by atoms with Gasteiger partial charge in [-0.1, -0.05) is 52.7 Å². The number of nitrogens with one attached hydrogen (secondary N) is 1. The van der Waals surface area contributed by atoms with Crippen LogP contribution in [0, 0.1) is 97.6 Å². The molecule has 406 valence electrons. The number of rotatable bonds is 8. The summed E-state index contributed by atoms with van der Waals surface area (Å²) in [5, 5.41) is 39.7. The van der Waals surface area contributed by atoms with Crippen molar-refractivity contribution in [2.24, 2.45) is 97.6 Å². The molecule has 13 nitrogen and oxygen atoms in total. The molecule has 16 rings (SSSR count). The molecule has 1 aromatic rings. The molecular weight excluding hydrogens is 949 g/mol. The lowest BCUT2D eigenvalue weighted by molar-refractivity contribution is -0.282. The van der Waals surface area contributed by atoms with Crippen molar-refractivity contribution in [3.8, 4) is 0 Å². The van der Waals surface area contributed by atoms with Gasteiger partial charge >= 0.3 is 11.9 Å².